The summed E-state index contributed by atoms with van der Waals surface area (Å²) in [5, 5.41) is 11.8. The summed E-state index contributed by atoms with van der Waals surface area (Å²) in [5.41, 5.74) is 6.75. The van der Waals surface area contributed by atoms with Gasteiger partial charge >= 0.3 is 0 Å². The number of carbonyl (C=O) groups is 1. The minimum absolute atomic E-state index is 0.0291. The van der Waals surface area contributed by atoms with Crippen molar-refractivity contribution >= 4 is 27.8 Å². The molecule has 162 valence electrons. The highest BCUT2D eigenvalue weighted by Gasteiger charge is 2.28. The fourth-order valence-corrected chi connectivity index (χ4v) is 3.72. The van der Waals surface area contributed by atoms with Gasteiger partial charge in [0.15, 0.2) is 9.84 Å². The lowest BCUT2D eigenvalue weighted by molar-refractivity contribution is -0.128. The molecular formula is C17H21FN6O5S. The van der Waals surface area contributed by atoms with Crippen molar-refractivity contribution < 1.29 is 22.8 Å². The van der Waals surface area contributed by atoms with Crippen molar-refractivity contribution in [2.75, 3.05) is 11.4 Å². The third-order valence-electron chi connectivity index (χ3n) is 4.26. The molecule has 0 aliphatic rings. The zero-order chi connectivity index (χ0) is 22.5. The van der Waals surface area contributed by atoms with Crippen LogP contribution in [0.2, 0.25) is 0 Å². The molecule has 0 saturated carbocycles. The molecule has 6 N–H and O–H groups in total. The van der Waals surface area contributed by atoms with Crippen LogP contribution in [0.15, 0.2) is 46.4 Å². The van der Waals surface area contributed by atoms with Gasteiger partial charge in [0, 0.05) is 30.6 Å². The van der Waals surface area contributed by atoms with Crippen LogP contribution in [0.4, 0.5) is 10.1 Å². The number of aryl methyl sites for hydroxylation is 1. The number of carbonyl (C=O) groups excluding carboxylic acids is 1. The number of hydroxylamine groups is 1. The first-order chi connectivity index (χ1) is 14.1. The van der Waals surface area contributed by atoms with Crippen LogP contribution < -0.4 is 27.7 Å². The number of nitrogens with two attached hydrogens (primary N) is 2. The second-order valence-corrected chi connectivity index (χ2v) is 8.53. The Bertz CT molecular complexity index is 1100. The van der Waals surface area contributed by atoms with E-state index in [4.69, 9.17) is 16.8 Å². The standard InChI is InChI=1S/C17H21FN6O5S/c1-30(28,29)15(17(26)22-27)6-7-23-9-14(18)13(8-16(23)25)11-2-4-12(5-3-11)24(20)21-10-19/h2-5,8-10,15,27H,6-7,20H2,1H3,(H2,19,21)(H,22,26). The Morgan fingerprint density at radius 3 is 2.57 bits per heavy atom. The van der Waals surface area contributed by atoms with E-state index in [-0.39, 0.29) is 18.5 Å². The lowest BCUT2D eigenvalue weighted by Crippen LogP contribution is -2.39. The van der Waals surface area contributed by atoms with Gasteiger partial charge in [-0.1, -0.05) is 12.1 Å². The van der Waals surface area contributed by atoms with Gasteiger partial charge in [-0.2, -0.15) is 5.12 Å². The smallest absolute Gasteiger partial charge is 0.261 e. The molecule has 0 spiro atoms. The Labute approximate surface area is 171 Å². The van der Waals surface area contributed by atoms with Gasteiger partial charge in [0.2, 0.25) is 0 Å². The fraction of sp³-hybridized carbons (Fsp3) is 0.235. The van der Waals surface area contributed by atoms with Crippen LogP contribution in [0.25, 0.3) is 11.1 Å². The minimum Gasteiger partial charge on any atom is -0.388 e. The van der Waals surface area contributed by atoms with Crippen molar-refractivity contribution in [3.63, 3.8) is 0 Å². The van der Waals surface area contributed by atoms with E-state index in [1.165, 1.54) is 17.6 Å². The average Bonchev–Trinajstić information content (AvgIpc) is 2.69. The molecule has 11 nitrogen and oxygen atoms in total. The van der Waals surface area contributed by atoms with Crippen molar-refractivity contribution in [1.29, 1.82) is 0 Å². The number of halogens is 1. The van der Waals surface area contributed by atoms with Crippen LogP contribution >= 0.6 is 0 Å². The quantitative estimate of drug-likeness (QED) is 0.140. The molecule has 1 atom stereocenters. The third kappa shape index (κ3) is 5.40. The number of amides is 1. The first-order valence-corrected chi connectivity index (χ1v) is 10.5. The number of nitrogens with one attached hydrogen (secondary N) is 1. The molecule has 30 heavy (non-hydrogen) atoms. The number of hydrogen-bond donors (Lipinski definition) is 4. The minimum atomic E-state index is -3.85. The van der Waals surface area contributed by atoms with Gasteiger partial charge in [0.25, 0.3) is 11.5 Å². The summed E-state index contributed by atoms with van der Waals surface area (Å²) in [4.78, 5) is 23.9. The van der Waals surface area contributed by atoms with Crippen LogP contribution in [0.3, 0.4) is 0 Å². The Morgan fingerprint density at radius 2 is 2.03 bits per heavy atom. The number of benzene rings is 1. The Kier molecular flexibility index (Phi) is 7.26. The molecule has 1 heterocycles. The lowest BCUT2D eigenvalue weighted by Gasteiger charge is -2.15. The maximum Gasteiger partial charge on any atom is 0.261 e. The van der Waals surface area contributed by atoms with Crippen molar-refractivity contribution in [1.82, 2.24) is 10.0 Å². The van der Waals surface area contributed by atoms with Crippen LogP contribution in [-0.4, -0.2) is 41.9 Å². The van der Waals surface area contributed by atoms with Gasteiger partial charge in [-0.05, 0) is 24.1 Å². The van der Waals surface area contributed by atoms with Crippen molar-refractivity contribution in [3.8, 4) is 11.1 Å². The number of rotatable bonds is 8. The Hall–Kier alpha value is -3.29. The van der Waals surface area contributed by atoms with Crippen molar-refractivity contribution in [2.45, 2.75) is 18.2 Å². The zero-order valence-electron chi connectivity index (χ0n) is 15.9. The molecule has 13 heteroatoms. The average molecular weight is 440 g/mol. The van der Waals surface area contributed by atoms with Crippen LogP contribution in [0.1, 0.15) is 6.42 Å². The number of pyridine rings is 1. The Morgan fingerprint density at radius 1 is 1.40 bits per heavy atom. The molecule has 1 unspecified atom stereocenters. The number of hydrogen-bond acceptors (Lipinski definition) is 8. The van der Waals surface area contributed by atoms with E-state index in [9.17, 15) is 22.4 Å². The second kappa shape index (κ2) is 9.47. The number of anilines is 1. The summed E-state index contributed by atoms with van der Waals surface area (Å²) in [5.74, 6) is 3.77. The molecule has 2 rings (SSSR count). The maximum absolute atomic E-state index is 14.6. The van der Waals surface area contributed by atoms with Crippen LogP contribution in [0.5, 0.6) is 0 Å². The normalized spacial score (nSPS) is 12.7. The van der Waals surface area contributed by atoms with E-state index in [0.29, 0.717) is 11.3 Å². The summed E-state index contributed by atoms with van der Waals surface area (Å²) in [6, 6.07) is 7.24. The summed E-state index contributed by atoms with van der Waals surface area (Å²) < 4.78 is 39.0. The fourth-order valence-electron chi connectivity index (χ4n) is 2.74. The van der Waals surface area contributed by atoms with Gasteiger partial charge in [-0.25, -0.2) is 24.1 Å². The van der Waals surface area contributed by atoms with E-state index in [2.05, 4.69) is 5.10 Å². The molecule has 2 aromatic rings. The molecule has 0 bridgehead atoms. The topological polar surface area (TPSA) is 173 Å². The summed E-state index contributed by atoms with van der Waals surface area (Å²) in [7, 11) is -3.85. The van der Waals surface area contributed by atoms with Crippen LogP contribution in [0, 0.1) is 5.82 Å². The SMILES string of the molecule is CS(=O)(=O)C(CCn1cc(F)c(-c2ccc(N(N)/N=C\N)cc2)cc1=O)C(=O)NO. The number of sulfone groups is 1. The first-order valence-electron chi connectivity index (χ1n) is 8.50. The highest BCUT2D eigenvalue weighted by Crippen LogP contribution is 2.24. The highest BCUT2D eigenvalue weighted by atomic mass is 32.2. The van der Waals surface area contributed by atoms with Gasteiger partial charge in [0.1, 0.15) is 17.4 Å². The monoisotopic (exact) mass is 440 g/mol. The molecule has 0 aliphatic carbocycles. The highest BCUT2D eigenvalue weighted by molar-refractivity contribution is 7.92. The van der Waals surface area contributed by atoms with E-state index >= 15 is 0 Å². The van der Waals surface area contributed by atoms with Gasteiger partial charge < -0.3 is 10.3 Å². The predicted octanol–water partition coefficient (Wildman–Crippen LogP) is -0.455. The molecular weight excluding hydrogens is 419 g/mol. The molecule has 1 aromatic heterocycles. The molecule has 0 aliphatic heterocycles. The zero-order valence-corrected chi connectivity index (χ0v) is 16.7. The van der Waals surface area contributed by atoms with Gasteiger partial charge in [0.05, 0.1) is 5.69 Å². The summed E-state index contributed by atoms with van der Waals surface area (Å²) in [6.45, 7) is -0.251. The van der Waals surface area contributed by atoms with Gasteiger partial charge in [-0.3, -0.25) is 14.8 Å². The lowest BCUT2D eigenvalue weighted by atomic mass is 10.1. The van der Waals surface area contributed by atoms with Crippen molar-refractivity contribution in [3.05, 3.63) is 52.7 Å². The van der Waals surface area contributed by atoms with E-state index in [1.807, 2.05) is 0 Å². The molecule has 1 aromatic carbocycles. The largest absolute Gasteiger partial charge is 0.388 e. The first kappa shape index (κ1) is 23.0. The molecule has 0 saturated heterocycles. The maximum atomic E-state index is 14.6. The summed E-state index contributed by atoms with van der Waals surface area (Å²) >= 11 is 0. The Balaban J connectivity index is 2.27. The summed E-state index contributed by atoms with van der Waals surface area (Å²) in [6.07, 6.45) is 2.43. The van der Waals surface area contributed by atoms with Gasteiger partial charge in [-0.15, -0.1) is 5.10 Å². The van der Waals surface area contributed by atoms with E-state index in [1.54, 1.807) is 12.1 Å². The number of nitrogens with zero attached hydrogens (tertiary/aromatic N) is 3. The van der Waals surface area contributed by atoms with Crippen LogP contribution in [-0.2, 0) is 21.2 Å². The van der Waals surface area contributed by atoms with Crippen molar-refractivity contribution in [2.24, 2.45) is 16.7 Å². The van der Waals surface area contributed by atoms with E-state index in [0.717, 1.165) is 34.5 Å². The molecule has 0 fully saturated rings. The number of hydrazine groups is 1. The molecule has 0 radical (unpaired) electrons. The number of hydrazone groups is 1. The number of aromatic nitrogens is 1. The van der Waals surface area contributed by atoms with E-state index < -0.39 is 32.4 Å². The second-order valence-electron chi connectivity index (χ2n) is 6.31. The predicted molar refractivity (Wildman–Crippen MR) is 109 cm³/mol. The molecule has 1 amide bonds. The third-order valence-corrected chi connectivity index (χ3v) is 5.75.